The summed E-state index contributed by atoms with van der Waals surface area (Å²) in [7, 11) is 0. The lowest BCUT2D eigenvalue weighted by Gasteiger charge is -2.11. The van der Waals surface area contributed by atoms with E-state index in [1.165, 1.54) is 10.9 Å². The van der Waals surface area contributed by atoms with Gasteiger partial charge in [-0.05, 0) is 26.8 Å². The van der Waals surface area contributed by atoms with Crippen molar-refractivity contribution in [2.75, 3.05) is 18.5 Å². The van der Waals surface area contributed by atoms with Crippen LogP contribution in [0.1, 0.15) is 28.7 Å². The van der Waals surface area contributed by atoms with E-state index in [1.54, 1.807) is 6.92 Å². The molecule has 0 saturated carbocycles. The summed E-state index contributed by atoms with van der Waals surface area (Å²) < 4.78 is 6.43. The third-order valence-corrected chi connectivity index (χ3v) is 2.88. The average molecular weight is 319 g/mol. The highest BCUT2D eigenvalue weighted by molar-refractivity contribution is 5.94. The Hall–Kier alpha value is -2.97. The number of rotatable bonds is 6. The Labute approximate surface area is 132 Å². The van der Waals surface area contributed by atoms with Crippen LogP contribution in [0.15, 0.2) is 12.3 Å². The number of hydrogen-bond donors (Lipinski definition) is 2. The van der Waals surface area contributed by atoms with Crippen LogP contribution < -0.4 is 5.32 Å². The van der Waals surface area contributed by atoms with Gasteiger partial charge in [-0.1, -0.05) is 0 Å². The van der Waals surface area contributed by atoms with E-state index in [0.29, 0.717) is 0 Å². The minimum Gasteiger partial charge on any atom is -0.480 e. The van der Waals surface area contributed by atoms with E-state index in [0.717, 1.165) is 11.4 Å². The predicted octanol–water partition coefficient (Wildman–Crippen LogP) is 0.952. The van der Waals surface area contributed by atoms with Crippen molar-refractivity contribution in [3.8, 4) is 5.95 Å². The van der Waals surface area contributed by atoms with Crippen molar-refractivity contribution in [1.29, 1.82) is 0 Å². The summed E-state index contributed by atoms with van der Waals surface area (Å²) in [6, 6.07) is 1.85. The largest absolute Gasteiger partial charge is 0.480 e. The van der Waals surface area contributed by atoms with Crippen molar-refractivity contribution in [3.05, 3.63) is 29.2 Å². The Balaban J connectivity index is 2.43. The summed E-state index contributed by atoms with van der Waals surface area (Å²) in [5, 5.41) is 15.7. The molecule has 0 aliphatic rings. The van der Waals surface area contributed by atoms with Gasteiger partial charge in [0.05, 0.1) is 12.3 Å². The van der Waals surface area contributed by atoms with Crippen LogP contribution in [0.4, 0.5) is 5.82 Å². The Morgan fingerprint density at radius 2 is 2.13 bits per heavy atom. The molecule has 0 atom stereocenters. The van der Waals surface area contributed by atoms with Gasteiger partial charge in [0.2, 0.25) is 0 Å². The van der Waals surface area contributed by atoms with E-state index in [4.69, 9.17) is 9.84 Å². The number of hydrogen-bond acceptors (Lipinski definition) is 7. The SMILES string of the molecule is CCOC(=O)c1cnc(-n2nc(C)cc2C)nc1NCC(=O)O. The lowest BCUT2D eigenvalue weighted by Crippen LogP contribution is -2.19. The monoisotopic (exact) mass is 319 g/mol. The van der Waals surface area contributed by atoms with Gasteiger partial charge in [0.25, 0.3) is 5.95 Å². The van der Waals surface area contributed by atoms with Gasteiger partial charge in [-0.3, -0.25) is 4.79 Å². The van der Waals surface area contributed by atoms with Crippen LogP contribution in [0.5, 0.6) is 0 Å². The zero-order valence-electron chi connectivity index (χ0n) is 13.0. The third-order valence-electron chi connectivity index (χ3n) is 2.88. The summed E-state index contributed by atoms with van der Waals surface area (Å²) in [5.74, 6) is -1.38. The maximum atomic E-state index is 11.9. The molecule has 2 N–H and O–H groups in total. The second-order valence-corrected chi connectivity index (χ2v) is 4.74. The van der Waals surface area contributed by atoms with Crippen LogP contribution in [-0.2, 0) is 9.53 Å². The standard InChI is InChI=1S/C14H17N5O4/c1-4-23-13(22)10-6-16-14(17-12(10)15-7-11(20)21)19-9(3)5-8(2)18-19/h5-6H,4,7H2,1-3H3,(H,20,21)(H,15,16,17). The van der Waals surface area contributed by atoms with Crippen LogP contribution in [-0.4, -0.2) is 49.9 Å². The molecule has 9 heteroatoms. The van der Waals surface area contributed by atoms with E-state index in [9.17, 15) is 9.59 Å². The molecule has 0 aliphatic carbocycles. The fourth-order valence-corrected chi connectivity index (χ4v) is 1.96. The topological polar surface area (TPSA) is 119 Å². The van der Waals surface area contributed by atoms with Crippen LogP contribution in [0.25, 0.3) is 5.95 Å². The molecule has 2 heterocycles. The molecule has 2 aromatic heterocycles. The number of nitrogens with one attached hydrogen (secondary N) is 1. The molecule has 0 amide bonds. The van der Waals surface area contributed by atoms with Crippen LogP contribution in [0, 0.1) is 13.8 Å². The average Bonchev–Trinajstić information content (AvgIpc) is 2.83. The molecular formula is C14H17N5O4. The minimum absolute atomic E-state index is 0.0679. The van der Waals surface area contributed by atoms with E-state index in [-0.39, 0.29) is 30.5 Å². The fraction of sp³-hybridized carbons (Fsp3) is 0.357. The van der Waals surface area contributed by atoms with Gasteiger partial charge >= 0.3 is 11.9 Å². The molecular weight excluding hydrogens is 302 g/mol. The predicted molar refractivity (Wildman–Crippen MR) is 80.7 cm³/mol. The van der Waals surface area contributed by atoms with Gasteiger partial charge in [-0.15, -0.1) is 0 Å². The summed E-state index contributed by atoms with van der Waals surface area (Å²) in [4.78, 5) is 31.0. The molecule has 2 rings (SSSR count). The molecule has 0 aliphatic heterocycles. The molecule has 23 heavy (non-hydrogen) atoms. The highest BCUT2D eigenvalue weighted by Gasteiger charge is 2.18. The Morgan fingerprint density at radius 1 is 1.39 bits per heavy atom. The smallest absolute Gasteiger partial charge is 0.343 e. The van der Waals surface area contributed by atoms with Gasteiger partial charge in [-0.25, -0.2) is 14.5 Å². The number of carbonyl (C=O) groups is 2. The Kier molecular flexibility index (Phi) is 4.89. The molecule has 9 nitrogen and oxygen atoms in total. The van der Waals surface area contributed by atoms with Gasteiger partial charge in [0.15, 0.2) is 0 Å². The molecule has 0 fully saturated rings. The summed E-state index contributed by atoms with van der Waals surface area (Å²) in [6.07, 6.45) is 1.29. The Morgan fingerprint density at radius 3 is 2.70 bits per heavy atom. The number of aliphatic carboxylic acids is 1. The van der Waals surface area contributed by atoms with E-state index < -0.39 is 11.9 Å². The lowest BCUT2D eigenvalue weighted by molar-refractivity contribution is -0.134. The highest BCUT2D eigenvalue weighted by atomic mass is 16.5. The van der Waals surface area contributed by atoms with Crippen molar-refractivity contribution in [1.82, 2.24) is 19.7 Å². The number of esters is 1. The number of carboxylic acids is 1. The van der Waals surface area contributed by atoms with Gasteiger partial charge in [0.1, 0.15) is 17.9 Å². The molecule has 0 bridgehead atoms. The van der Waals surface area contributed by atoms with E-state index in [2.05, 4.69) is 20.4 Å². The number of ether oxygens (including phenoxy) is 1. The van der Waals surface area contributed by atoms with Crippen molar-refractivity contribution in [2.45, 2.75) is 20.8 Å². The minimum atomic E-state index is -1.08. The maximum Gasteiger partial charge on any atom is 0.343 e. The van der Waals surface area contributed by atoms with Crippen molar-refractivity contribution in [2.24, 2.45) is 0 Å². The highest BCUT2D eigenvalue weighted by Crippen LogP contribution is 2.16. The number of carboxylic acid groups (broad SMARTS) is 1. The van der Waals surface area contributed by atoms with Gasteiger partial charge in [0, 0.05) is 11.9 Å². The number of nitrogens with zero attached hydrogens (tertiary/aromatic N) is 4. The summed E-state index contributed by atoms with van der Waals surface area (Å²) in [6.45, 7) is 5.15. The molecule has 0 radical (unpaired) electrons. The molecule has 122 valence electrons. The number of aromatic nitrogens is 4. The molecule has 2 aromatic rings. The first-order chi connectivity index (χ1) is 10.9. The van der Waals surface area contributed by atoms with Crippen LogP contribution in [0.2, 0.25) is 0 Å². The third kappa shape index (κ3) is 3.82. The van der Waals surface area contributed by atoms with Crippen molar-refractivity contribution in [3.63, 3.8) is 0 Å². The summed E-state index contributed by atoms with van der Waals surface area (Å²) >= 11 is 0. The van der Waals surface area contributed by atoms with Crippen LogP contribution >= 0.6 is 0 Å². The van der Waals surface area contributed by atoms with Gasteiger partial charge < -0.3 is 15.2 Å². The van der Waals surface area contributed by atoms with Crippen molar-refractivity contribution >= 4 is 17.8 Å². The van der Waals surface area contributed by atoms with Crippen molar-refractivity contribution < 1.29 is 19.4 Å². The molecule has 0 saturated heterocycles. The molecule has 0 unspecified atom stereocenters. The first-order valence-electron chi connectivity index (χ1n) is 6.95. The number of anilines is 1. The summed E-state index contributed by atoms with van der Waals surface area (Å²) in [5.41, 5.74) is 1.68. The number of aryl methyl sites for hydroxylation is 2. The molecule has 0 aromatic carbocycles. The first-order valence-corrected chi connectivity index (χ1v) is 6.95. The second kappa shape index (κ2) is 6.86. The quantitative estimate of drug-likeness (QED) is 0.755. The maximum absolute atomic E-state index is 11.9. The second-order valence-electron chi connectivity index (χ2n) is 4.74. The lowest BCUT2D eigenvalue weighted by atomic mass is 10.3. The zero-order chi connectivity index (χ0) is 17.0. The zero-order valence-corrected chi connectivity index (χ0v) is 13.0. The van der Waals surface area contributed by atoms with E-state index >= 15 is 0 Å². The van der Waals surface area contributed by atoms with E-state index in [1.807, 2.05) is 19.9 Å². The Bertz CT molecular complexity index is 741. The fourth-order valence-electron chi connectivity index (χ4n) is 1.96. The number of carbonyl (C=O) groups excluding carboxylic acids is 1. The first kappa shape index (κ1) is 16.4. The van der Waals surface area contributed by atoms with Crippen LogP contribution in [0.3, 0.4) is 0 Å². The normalized spacial score (nSPS) is 10.4. The molecule has 0 spiro atoms. The van der Waals surface area contributed by atoms with Gasteiger partial charge in [-0.2, -0.15) is 10.1 Å².